The molecule has 7 heteroatoms. The number of halogens is 1. The molecule has 1 aliphatic carbocycles. The van der Waals surface area contributed by atoms with Gasteiger partial charge >= 0.3 is 0 Å². The van der Waals surface area contributed by atoms with Crippen LogP contribution in [0.1, 0.15) is 32.1 Å². The van der Waals surface area contributed by atoms with Crippen molar-refractivity contribution in [2.75, 3.05) is 5.32 Å². The largest absolute Gasteiger partial charge is 0.331 e. The van der Waals surface area contributed by atoms with Crippen molar-refractivity contribution in [3.8, 4) is 0 Å². The third-order valence-electron chi connectivity index (χ3n) is 3.69. The van der Waals surface area contributed by atoms with Gasteiger partial charge in [0.2, 0.25) is 0 Å². The number of rotatable bonds is 2. The van der Waals surface area contributed by atoms with Gasteiger partial charge in [0, 0.05) is 10.6 Å². The molecule has 0 fully saturated rings. The van der Waals surface area contributed by atoms with Crippen molar-refractivity contribution in [3.05, 3.63) is 51.0 Å². The molecule has 0 saturated carbocycles. The molecule has 0 aliphatic heterocycles. The highest BCUT2D eigenvalue weighted by molar-refractivity contribution is 7.80. The van der Waals surface area contributed by atoms with Crippen LogP contribution in [0.5, 0.6) is 0 Å². The molecular formula is C16H16FN3OS2. The lowest BCUT2D eigenvalue weighted by atomic mass is 10.2. The quantitative estimate of drug-likeness (QED) is 0.575. The molecule has 120 valence electrons. The molecule has 1 aromatic carbocycles. The zero-order valence-corrected chi connectivity index (χ0v) is 14.2. The van der Waals surface area contributed by atoms with Crippen LogP contribution in [0.25, 0.3) is 0 Å². The number of hydrazine groups is 1. The Morgan fingerprint density at radius 3 is 2.83 bits per heavy atom. The van der Waals surface area contributed by atoms with Crippen molar-refractivity contribution >= 4 is 40.3 Å². The molecule has 23 heavy (non-hydrogen) atoms. The third kappa shape index (κ3) is 3.68. The Morgan fingerprint density at radius 2 is 2.09 bits per heavy atom. The van der Waals surface area contributed by atoms with Gasteiger partial charge in [-0.1, -0.05) is 6.07 Å². The fraction of sp³-hybridized carbons (Fsp3) is 0.250. The molecule has 4 nitrogen and oxygen atoms in total. The summed E-state index contributed by atoms with van der Waals surface area (Å²) in [6.07, 6.45) is 3.27. The summed E-state index contributed by atoms with van der Waals surface area (Å²) < 4.78 is 13.5. The van der Waals surface area contributed by atoms with Gasteiger partial charge in [0.05, 0.1) is 4.88 Å². The second kappa shape index (κ2) is 6.64. The lowest BCUT2D eigenvalue weighted by Gasteiger charge is -2.11. The number of benzene rings is 1. The first-order chi connectivity index (χ1) is 11.0. The van der Waals surface area contributed by atoms with E-state index in [-0.39, 0.29) is 16.8 Å². The SMILES string of the molecule is Cc1ccc(NC(=S)NNC(=O)c2cc3c(s2)CCC3)cc1F. The fourth-order valence-electron chi connectivity index (χ4n) is 2.45. The second-order valence-corrected chi connectivity index (χ2v) is 6.95. The van der Waals surface area contributed by atoms with Crippen LogP contribution < -0.4 is 16.2 Å². The molecule has 3 N–H and O–H groups in total. The van der Waals surface area contributed by atoms with E-state index in [9.17, 15) is 9.18 Å². The van der Waals surface area contributed by atoms with Gasteiger partial charge in [-0.05, 0) is 67.7 Å². The molecular weight excluding hydrogens is 333 g/mol. The standard InChI is InChI=1S/C16H16FN3OS2/c1-9-5-6-11(8-12(9)17)18-16(22)20-19-15(21)14-7-10-3-2-4-13(10)23-14/h5-8H,2-4H2,1H3,(H,19,21)(H2,18,20,22). The van der Waals surface area contributed by atoms with Crippen molar-refractivity contribution in [1.29, 1.82) is 0 Å². The summed E-state index contributed by atoms with van der Waals surface area (Å²) in [6.45, 7) is 1.69. The summed E-state index contributed by atoms with van der Waals surface area (Å²) in [6, 6.07) is 6.68. The van der Waals surface area contributed by atoms with Gasteiger partial charge in [0.1, 0.15) is 5.82 Å². The maximum atomic E-state index is 13.5. The predicted octanol–water partition coefficient (Wildman–Crippen LogP) is 3.32. The van der Waals surface area contributed by atoms with Gasteiger partial charge in [-0.25, -0.2) is 4.39 Å². The molecule has 1 aromatic heterocycles. The van der Waals surface area contributed by atoms with E-state index in [2.05, 4.69) is 16.2 Å². The smallest absolute Gasteiger partial charge is 0.279 e. The van der Waals surface area contributed by atoms with Crippen LogP contribution in [-0.2, 0) is 12.8 Å². The van der Waals surface area contributed by atoms with E-state index < -0.39 is 0 Å². The van der Waals surface area contributed by atoms with Crippen LogP contribution in [0.15, 0.2) is 24.3 Å². The number of thiocarbonyl (C=S) groups is 1. The summed E-state index contributed by atoms with van der Waals surface area (Å²) in [4.78, 5) is 14.1. The molecule has 3 rings (SSSR count). The Morgan fingerprint density at radius 1 is 1.26 bits per heavy atom. The highest BCUT2D eigenvalue weighted by atomic mass is 32.1. The first-order valence-electron chi connectivity index (χ1n) is 7.28. The molecule has 2 aromatic rings. The molecule has 0 bridgehead atoms. The molecule has 1 heterocycles. The van der Waals surface area contributed by atoms with Gasteiger partial charge in [0.15, 0.2) is 5.11 Å². The number of carbonyl (C=O) groups is 1. The molecule has 0 saturated heterocycles. The van der Waals surface area contributed by atoms with Gasteiger partial charge < -0.3 is 5.32 Å². The third-order valence-corrected chi connectivity index (χ3v) is 5.13. The minimum atomic E-state index is -0.310. The predicted molar refractivity (Wildman–Crippen MR) is 94.3 cm³/mol. The zero-order valence-electron chi connectivity index (χ0n) is 12.5. The van der Waals surface area contributed by atoms with E-state index in [1.54, 1.807) is 19.1 Å². The van der Waals surface area contributed by atoms with Crippen LogP contribution >= 0.6 is 23.6 Å². The second-order valence-electron chi connectivity index (χ2n) is 5.41. The highest BCUT2D eigenvalue weighted by Crippen LogP contribution is 2.30. The Kier molecular flexibility index (Phi) is 4.58. The van der Waals surface area contributed by atoms with E-state index >= 15 is 0 Å². The van der Waals surface area contributed by atoms with Crippen LogP contribution in [0.4, 0.5) is 10.1 Å². The summed E-state index contributed by atoms with van der Waals surface area (Å²) in [5, 5.41) is 3.02. The highest BCUT2D eigenvalue weighted by Gasteiger charge is 2.18. The average molecular weight is 349 g/mol. The van der Waals surface area contributed by atoms with Crippen LogP contribution in [0.3, 0.4) is 0 Å². The maximum Gasteiger partial charge on any atom is 0.279 e. The molecule has 0 radical (unpaired) electrons. The van der Waals surface area contributed by atoms with Gasteiger partial charge in [0.25, 0.3) is 5.91 Å². The number of amides is 1. The molecule has 1 amide bonds. The van der Waals surface area contributed by atoms with Crippen molar-refractivity contribution in [1.82, 2.24) is 10.9 Å². The zero-order chi connectivity index (χ0) is 16.4. The maximum absolute atomic E-state index is 13.5. The fourth-order valence-corrected chi connectivity index (χ4v) is 3.77. The first kappa shape index (κ1) is 15.9. The first-order valence-corrected chi connectivity index (χ1v) is 8.50. The average Bonchev–Trinajstić information content (AvgIpc) is 3.10. The van der Waals surface area contributed by atoms with E-state index in [1.807, 2.05) is 6.07 Å². The van der Waals surface area contributed by atoms with E-state index in [1.165, 1.54) is 34.3 Å². The number of hydrogen-bond acceptors (Lipinski definition) is 3. The van der Waals surface area contributed by atoms with Gasteiger partial charge in [-0.15, -0.1) is 11.3 Å². The number of hydrogen-bond donors (Lipinski definition) is 3. The van der Waals surface area contributed by atoms with Gasteiger partial charge in [-0.3, -0.25) is 15.6 Å². The van der Waals surface area contributed by atoms with Crippen LogP contribution in [0.2, 0.25) is 0 Å². The van der Waals surface area contributed by atoms with Crippen molar-refractivity contribution in [2.45, 2.75) is 26.2 Å². The summed E-state index contributed by atoms with van der Waals surface area (Å²) in [5.74, 6) is -0.529. The Labute approximate surface area is 143 Å². The molecule has 0 atom stereocenters. The van der Waals surface area contributed by atoms with E-state index in [0.29, 0.717) is 16.1 Å². The van der Waals surface area contributed by atoms with Crippen LogP contribution in [-0.4, -0.2) is 11.0 Å². The van der Waals surface area contributed by atoms with Crippen LogP contribution in [0, 0.1) is 12.7 Å². The van der Waals surface area contributed by atoms with E-state index in [0.717, 1.165) is 12.8 Å². The molecule has 0 spiro atoms. The lowest BCUT2D eigenvalue weighted by molar-refractivity contribution is 0.0948. The summed E-state index contributed by atoms with van der Waals surface area (Å²) in [5.41, 5.74) is 7.55. The summed E-state index contributed by atoms with van der Waals surface area (Å²) in [7, 11) is 0. The number of anilines is 1. The van der Waals surface area contributed by atoms with Crippen molar-refractivity contribution < 1.29 is 9.18 Å². The Balaban J connectivity index is 1.53. The molecule has 1 aliphatic rings. The number of aryl methyl sites for hydroxylation is 3. The summed E-state index contributed by atoms with van der Waals surface area (Å²) >= 11 is 6.61. The monoisotopic (exact) mass is 349 g/mol. The topological polar surface area (TPSA) is 53.2 Å². The van der Waals surface area contributed by atoms with E-state index in [4.69, 9.17) is 12.2 Å². The number of thiophene rings is 1. The minimum absolute atomic E-state index is 0.200. The van der Waals surface area contributed by atoms with Crippen molar-refractivity contribution in [3.63, 3.8) is 0 Å². The number of fused-ring (bicyclic) bond motifs is 1. The minimum Gasteiger partial charge on any atom is -0.331 e. The molecule has 0 unspecified atom stereocenters. The number of nitrogens with one attached hydrogen (secondary N) is 3. The lowest BCUT2D eigenvalue weighted by Crippen LogP contribution is -2.43. The van der Waals surface area contributed by atoms with Gasteiger partial charge in [-0.2, -0.15) is 0 Å². The number of carbonyl (C=O) groups excluding carboxylic acids is 1. The normalized spacial score (nSPS) is 12.6. The Bertz CT molecular complexity index is 751. The van der Waals surface area contributed by atoms with Crippen molar-refractivity contribution in [2.24, 2.45) is 0 Å². The Hall–Kier alpha value is -1.99.